The van der Waals surface area contributed by atoms with Crippen LogP contribution in [0.3, 0.4) is 0 Å². The van der Waals surface area contributed by atoms with E-state index in [9.17, 15) is 0 Å². The van der Waals surface area contributed by atoms with Gasteiger partial charge in [0.15, 0.2) is 0 Å². The van der Waals surface area contributed by atoms with Crippen molar-refractivity contribution in [3.05, 3.63) is 46.4 Å². The van der Waals surface area contributed by atoms with Gasteiger partial charge in [0.25, 0.3) is 0 Å². The molecule has 0 spiro atoms. The molecule has 0 saturated heterocycles. The summed E-state index contributed by atoms with van der Waals surface area (Å²) in [7, 11) is 0. The molecule has 1 heterocycles. The van der Waals surface area contributed by atoms with E-state index in [-0.39, 0.29) is 0 Å². The van der Waals surface area contributed by atoms with E-state index in [0.717, 1.165) is 22.4 Å². The van der Waals surface area contributed by atoms with Crippen molar-refractivity contribution < 1.29 is 0 Å². The quantitative estimate of drug-likeness (QED) is 0.761. The molecule has 94 valence electrons. The molecular formula is C14H16IN3. The van der Waals surface area contributed by atoms with Crippen molar-refractivity contribution >= 4 is 34.1 Å². The molecule has 4 heteroatoms. The Balaban J connectivity index is 2.34. The van der Waals surface area contributed by atoms with E-state index in [2.05, 4.69) is 68.6 Å². The summed E-state index contributed by atoms with van der Waals surface area (Å²) in [6.45, 7) is 3.18. The lowest BCUT2D eigenvalue weighted by Crippen LogP contribution is -2.20. The Morgan fingerprint density at radius 3 is 2.67 bits per heavy atom. The molecule has 0 saturated carbocycles. The van der Waals surface area contributed by atoms with Crippen LogP contribution in [-0.2, 0) is 0 Å². The second-order valence-corrected chi connectivity index (χ2v) is 5.20. The highest BCUT2D eigenvalue weighted by molar-refractivity contribution is 14.1. The fourth-order valence-electron chi connectivity index (χ4n) is 1.79. The number of hydrogen-bond donors (Lipinski definition) is 0. The van der Waals surface area contributed by atoms with Gasteiger partial charge in [0.05, 0.1) is 3.57 Å². The predicted molar refractivity (Wildman–Crippen MR) is 83.1 cm³/mol. The highest BCUT2D eigenvalue weighted by atomic mass is 127. The summed E-state index contributed by atoms with van der Waals surface area (Å²) in [6.07, 6.45) is 5.78. The first-order valence-electron chi connectivity index (χ1n) is 6.11. The van der Waals surface area contributed by atoms with Gasteiger partial charge in [-0.05, 0) is 41.1 Å². The topological polar surface area (TPSA) is 29.0 Å². The number of nitrogens with zero attached hydrogens (tertiary/aromatic N) is 3. The Morgan fingerprint density at radius 2 is 2.00 bits per heavy atom. The Kier molecular flexibility index (Phi) is 4.92. The number of benzene rings is 1. The van der Waals surface area contributed by atoms with E-state index in [1.807, 2.05) is 12.3 Å². The zero-order valence-corrected chi connectivity index (χ0v) is 12.5. The molecular weight excluding hydrogens is 337 g/mol. The van der Waals surface area contributed by atoms with Gasteiger partial charge >= 0.3 is 0 Å². The molecule has 0 unspecified atom stereocenters. The van der Waals surface area contributed by atoms with Crippen LogP contribution in [0.25, 0.3) is 0 Å². The molecule has 0 N–H and O–H groups in total. The van der Waals surface area contributed by atoms with Crippen molar-refractivity contribution in [1.29, 1.82) is 0 Å². The lowest BCUT2D eigenvalue weighted by atomic mass is 10.2. The van der Waals surface area contributed by atoms with Crippen LogP contribution in [0.5, 0.6) is 0 Å². The average molecular weight is 353 g/mol. The monoisotopic (exact) mass is 353 g/mol. The van der Waals surface area contributed by atoms with Crippen LogP contribution in [0.1, 0.15) is 19.8 Å². The number of halogens is 1. The predicted octanol–water partition coefficient (Wildman–Crippen LogP) is 4.02. The molecule has 0 atom stereocenters. The molecule has 0 radical (unpaired) electrons. The highest BCUT2D eigenvalue weighted by Gasteiger charge is 2.12. The number of para-hydroxylation sites is 1. The first-order chi connectivity index (χ1) is 8.83. The minimum absolute atomic E-state index is 0.980. The number of anilines is 2. The Morgan fingerprint density at radius 1 is 1.22 bits per heavy atom. The van der Waals surface area contributed by atoms with Gasteiger partial charge in [-0.1, -0.05) is 31.5 Å². The number of unbranched alkanes of at least 4 members (excludes halogenated alkanes) is 1. The summed E-state index contributed by atoms with van der Waals surface area (Å²) in [6, 6.07) is 10.4. The van der Waals surface area contributed by atoms with Crippen molar-refractivity contribution in [2.24, 2.45) is 0 Å². The largest absolute Gasteiger partial charge is 0.325 e. The van der Waals surface area contributed by atoms with E-state index < -0.39 is 0 Å². The number of rotatable bonds is 5. The molecule has 2 rings (SSSR count). The van der Waals surface area contributed by atoms with Gasteiger partial charge in [-0.3, -0.25) is 0 Å². The summed E-state index contributed by atoms with van der Waals surface area (Å²) < 4.78 is 1.08. The third-order valence-electron chi connectivity index (χ3n) is 2.71. The van der Waals surface area contributed by atoms with Crippen molar-refractivity contribution in [1.82, 2.24) is 9.97 Å². The lowest BCUT2D eigenvalue weighted by Gasteiger charge is -2.24. The van der Waals surface area contributed by atoms with Gasteiger partial charge in [-0.2, -0.15) is 0 Å². The Labute approximate surface area is 121 Å². The van der Waals surface area contributed by atoms with Crippen LogP contribution in [0.2, 0.25) is 0 Å². The van der Waals surface area contributed by atoms with Gasteiger partial charge in [0.1, 0.15) is 12.1 Å². The zero-order chi connectivity index (χ0) is 12.8. The smallest absolute Gasteiger partial charge is 0.149 e. The van der Waals surface area contributed by atoms with Crippen molar-refractivity contribution in [3.63, 3.8) is 0 Å². The van der Waals surface area contributed by atoms with E-state index >= 15 is 0 Å². The van der Waals surface area contributed by atoms with E-state index in [1.54, 1.807) is 6.33 Å². The molecule has 0 aliphatic carbocycles. The minimum atomic E-state index is 0.980. The summed E-state index contributed by atoms with van der Waals surface area (Å²) in [4.78, 5) is 10.7. The standard InChI is InChI=1S/C14H16IN3/c1-2-3-9-18(12-7-5-4-6-8-12)14-13(15)10-16-11-17-14/h4-8,10-11H,2-3,9H2,1H3. The maximum absolute atomic E-state index is 4.42. The first-order valence-corrected chi connectivity index (χ1v) is 7.19. The second-order valence-electron chi connectivity index (χ2n) is 4.04. The second kappa shape index (κ2) is 6.68. The summed E-state index contributed by atoms with van der Waals surface area (Å²) in [5.74, 6) is 0.991. The molecule has 3 nitrogen and oxygen atoms in total. The molecule has 0 aliphatic heterocycles. The fraction of sp³-hybridized carbons (Fsp3) is 0.286. The maximum atomic E-state index is 4.42. The Bertz CT molecular complexity index is 487. The summed E-state index contributed by atoms with van der Waals surface area (Å²) in [5.41, 5.74) is 1.18. The van der Waals surface area contributed by atoms with Crippen molar-refractivity contribution in [3.8, 4) is 0 Å². The van der Waals surface area contributed by atoms with Crippen LogP contribution in [-0.4, -0.2) is 16.5 Å². The molecule has 0 bridgehead atoms. The van der Waals surface area contributed by atoms with Gasteiger partial charge in [0.2, 0.25) is 0 Å². The van der Waals surface area contributed by atoms with Crippen molar-refractivity contribution in [2.75, 3.05) is 11.4 Å². The number of aromatic nitrogens is 2. The molecule has 1 aromatic carbocycles. The van der Waals surface area contributed by atoms with Crippen molar-refractivity contribution in [2.45, 2.75) is 19.8 Å². The van der Waals surface area contributed by atoms with Gasteiger partial charge in [-0.25, -0.2) is 9.97 Å². The van der Waals surface area contributed by atoms with Gasteiger partial charge < -0.3 is 4.90 Å². The molecule has 0 fully saturated rings. The number of hydrogen-bond acceptors (Lipinski definition) is 3. The normalized spacial score (nSPS) is 10.3. The van der Waals surface area contributed by atoms with Crippen LogP contribution in [0, 0.1) is 3.57 Å². The highest BCUT2D eigenvalue weighted by Crippen LogP contribution is 2.27. The summed E-state index contributed by atoms with van der Waals surface area (Å²) in [5, 5.41) is 0. The van der Waals surface area contributed by atoms with Crippen LogP contribution in [0.4, 0.5) is 11.5 Å². The fourth-order valence-corrected chi connectivity index (χ4v) is 2.38. The maximum Gasteiger partial charge on any atom is 0.149 e. The van der Waals surface area contributed by atoms with Crippen LogP contribution in [0.15, 0.2) is 42.9 Å². The third-order valence-corrected chi connectivity index (χ3v) is 3.47. The molecule has 1 aromatic heterocycles. The average Bonchev–Trinajstić information content (AvgIpc) is 2.42. The molecule has 0 amide bonds. The van der Waals surface area contributed by atoms with Gasteiger partial charge in [0, 0.05) is 18.4 Å². The van der Waals surface area contributed by atoms with E-state index in [4.69, 9.17) is 0 Å². The van der Waals surface area contributed by atoms with Gasteiger partial charge in [-0.15, -0.1) is 0 Å². The van der Waals surface area contributed by atoms with E-state index in [1.165, 1.54) is 12.1 Å². The lowest BCUT2D eigenvalue weighted by molar-refractivity contribution is 0.777. The molecule has 2 aromatic rings. The first kappa shape index (κ1) is 13.3. The van der Waals surface area contributed by atoms with Crippen LogP contribution < -0.4 is 4.90 Å². The SMILES string of the molecule is CCCCN(c1ccccc1)c1ncncc1I. The Hall–Kier alpha value is -1.17. The summed E-state index contributed by atoms with van der Waals surface area (Å²) >= 11 is 2.29. The minimum Gasteiger partial charge on any atom is -0.325 e. The zero-order valence-electron chi connectivity index (χ0n) is 10.4. The van der Waals surface area contributed by atoms with E-state index in [0.29, 0.717) is 0 Å². The van der Waals surface area contributed by atoms with Crippen LogP contribution >= 0.6 is 22.6 Å². The third kappa shape index (κ3) is 3.19. The molecule has 18 heavy (non-hydrogen) atoms. The molecule has 0 aliphatic rings.